The molecular weight excluding hydrogens is 241 g/mol. The van der Waals surface area contributed by atoms with Crippen molar-refractivity contribution in [3.63, 3.8) is 0 Å². The standard InChI is InChI=1S/C13H15F3N2/c14-13(15,16)11-6-3-7-12(18-11)17-9-8-10-4-1-2-5-10/h3-4,6-7H,1-2,5,8-9H2,(H,17,18). The van der Waals surface area contributed by atoms with Gasteiger partial charge < -0.3 is 5.32 Å². The van der Waals surface area contributed by atoms with Crippen LogP contribution in [0.15, 0.2) is 29.8 Å². The van der Waals surface area contributed by atoms with Gasteiger partial charge >= 0.3 is 6.18 Å². The lowest BCUT2D eigenvalue weighted by Crippen LogP contribution is -2.10. The van der Waals surface area contributed by atoms with E-state index in [2.05, 4.69) is 16.4 Å². The Kier molecular flexibility index (Phi) is 3.89. The predicted molar refractivity (Wildman–Crippen MR) is 64.3 cm³/mol. The molecule has 0 aromatic carbocycles. The Morgan fingerprint density at radius 1 is 1.28 bits per heavy atom. The van der Waals surface area contributed by atoms with Crippen molar-refractivity contribution in [3.05, 3.63) is 35.5 Å². The fourth-order valence-corrected chi connectivity index (χ4v) is 2.01. The number of aromatic nitrogens is 1. The lowest BCUT2D eigenvalue weighted by molar-refractivity contribution is -0.141. The number of halogens is 3. The van der Waals surface area contributed by atoms with Crippen LogP contribution >= 0.6 is 0 Å². The number of nitrogens with zero attached hydrogens (tertiary/aromatic N) is 1. The highest BCUT2D eigenvalue weighted by Crippen LogP contribution is 2.28. The molecule has 5 heteroatoms. The highest BCUT2D eigenvalue weighted by Gasteiger charge is 2.32. The minimum absolute atomic E-state index is 0.281. The summed E-state index contributed by atoms with van der Waals surface area (Å²) in [7, 11) is 0. The minimum Gasteiger partial charge on any atom is -0.370 e. The maximum Gasteiger partial charge on any atom is 0.433 e. The Labute approximate surface area is 104 Å². The molecule has 2 nitrogen and oxygen atoms in total. The van der Waals surface area contributed by atoms with E-state index in [-0.39, 0.29) is 5.82 Å². The molecule has 1 aliphatic carbocycles. The summed E-state index contributed by atoms with van der Waals surface area (Å²) < 4.78 is 37.3. The molecule has 0 saturated carbocycles. The van der Waals surface area contributed by atoms with Gasteiger partial charge in [0.2, 0.25) is 0 Å². The van der Waals surface area contributed by atoms with E-state index in [1.807, 2.05) is 0 Å². The third-order valence-corrected chi connectivity index (χ3v) is 2.93. The Morgan fingerprint density at radius 2 is 2.11 bits per heavy atom. The molecule has 1 N–H and O–H groups in total. The number of hydrogen-bond acceptors (Lipinski definition) is 2. The van der Waals surface area contributed by atoms with Crippen LogP contribution in [0, 0.1) is 0 Å². The Morgan fingerprint density at radius 3 is 2.78 bits per heavy atom. The summed E-state index contributed by atoms with van der Waals surface area (Å²) in [6, 6.07) is 3.90. The van der Waals surface area contributed by atoms with Gasteiger partial charge in [0.05, 0.1) is 0 Å². The molecule has 1 heterocycles. The third kappa shape index (κ3) is 3.48. The van der Waals surface area contributed by atoms with Crippen molar-refractivity contribution >= 4 is 5.82 Å². The smallest absolute Gasteiger partial charge is 0.370 e. The second-order valence-corrected chi connectivity index (χ2v) is 4.34. The molecule has 1 aromatic rings. The fourth-order valence-electron chi connectivity index (χ4n) is 2.01. The molecule has 0 unspecified atom stereocenters. The molecule has 1 aliphatic rings. The molecule has 0 radical (unpaired) electrons. The molecule has 0 bridgehead atoms. The van der Waals surface area contributed by atoms with Crippen LogP contribution in [0.1, 0.15) is 31.4 Å². The van der Waals surface area contributed by atoms with E-state index in [0.29, 0.717) is 6.54 Å². The normalized spacial score (nSPS) is 15.6. The number of nitrogens with one attached hydrogen (secondary N) is 1. The number of anilines is 1. The topological polar surface area (TPSA) is 24.9 Å². The van der Waals surface area contributed by atoms with E-state index < -0.39 is 11.9 Å². The summed E-state index contributed by atoms with van der Waals surface area (Å²) in [6.45, 7) is 0.625. The first-order valence-corrected chi connectivity index (χ1v) is 6.02. The van der Waals surface area contributed by atoms with Crippen LogP contribution in [0.4, 0.5) is 19.0 Å². The lowest BCUT2D eigenvalue weighted by atomic mass is 10.2. The molecule has 0 atom stereocenters. The predicted octanol–water partition coefficient (Wildman–Crippen LogP) is 4.01. The maximum absolute atomic E-state index is 12.4. The van der Waals surface area contributed by atoms with Gasteiger partial charge in [-0.15, -0.1) is 0 Å². The van der Waals surface area contributed by atoms with Crippen LogP contribution in [0.5, 0.6) is 0 Å². The van der Waals surface area contributed by atoms with Crippen molar-refractivity contribution < 1.29 is 13.2 Å². The summed E-state index contributed by atoms with van der Waals surface area (Å²) in [5, 5.41) is 2.93. The van der Waals surface area contributed by atoms with Crippen molar-refractivity contribution in [2.75, 3.05) is 11.9 Å². The zero-order chi connectivity index (χ0) is 13.0. The molecule has 18 heavy (non-hydrogen) atoms. The van der Waals surface area contributed by atoms with Crippen molar-refractivity contribution in [2.45, 2.75) is 31.9 Å². The SMILES string of the molecule is FC(F)(F)c1cccc(NCCC2=CCCC2)n1. The summed E-state index contributed by atoms with van der Waals surface area (Å²) >= 11 is 0. The Hall–Kier alpha value is -1.52. The van der Waals surface area contributed by atoms with Gasteiger partial charge in [-0.2, -0.15) is 13.2 Å². The highest BCUT2D eigenvalue weighted by atomic mass is 19.4. The first-order valence-electron chi connectivity index (χ1n) is 6.02. The quantitative estimate of drug-likeness (QED) is 0.823. The first kappa shape index (κ1) is 12.9. The summed E-state index contributed by atoms with van der Waals surface area (Å²) in [6.07, 6.45) is 2.12. The van der Waals surface area contributed by atoms with Crippen LogP contribution in [-0.2, 0) is 6.18 Å². The van der Waals surface area contributed by atoms with Gasteiger partial charge in [0.25, 0.3) is 0 Å². The van der Waals surface area contributed by atoms with E-state index in [0.717, 1.165) is 25.3 Å². The van der Waals surface area contributed by atoms with Crippen LogP contribution in [0.2, 0.25) is 0 Å². The van der Waals surface area contributed by atoms with Crippen molar-refractivity contribution in [1.29, 1.82) is 0 Å². The van der Waals surface area contributed by atoms with Crippen LogP contribution in [0.25, 0.3) is 0 Å². The zero-order valence-corrected chi connectivity index (χ0v) is 9.93. The maximum atomic E-state index is 12.4. The second kappa shape index (κ2) is 5.42. The number of allylic oxidation sites excluding steroid dienone is 1. The third-order valence-electron chi connectivity index (χ3n) is 2.93. The summed E-state index contributed by atoms with van der Waals surface area (Å²) in [5.41, 5.74) is 0.530. The van der Waals surface area contributed by atoms with Crippen molar-refractivity contribution in [3.8, 4) is 0 Å². The first-order chi connectivity index (χ1) is 8.55. The van der Waals surface area contributed by atoms with E-state index in [1.165, 1.54) is 18.1 Å². The summed E-state index contributed by atoms with van der Waals surface area (Å²) in [4.78, 5) is 3.55. The number of hydrogen-bond donors (Lipinski definition) is 1. The number of alkyl halides is 3. The van der Waals surface area contributed by atoms with Gasteiger partial charge in [-0.25, -0.2) is 4.98 Å². The largest absolute Gasteiger partial charge is 0.433 e. The minimum atomic E-state index is -4.38. The average molecular weight is 256 g/mol. The molecular formula is C13H15F3N2. The van der Waals surface area contributed by atoms with Gasteiger partial charge in [0.1, 0.15) is 11.5 Å². The van der Waals surface area contributed by atoms with Gasteiger partial charge in [0.15, 0.2) is 0 Å². The molecule has 98 valence electrons. The molecule has 1 aromatic heterocycles. The fraction of sp³-hybridized carbons (Fsp3) is 0.462. The van der Waals surface area contributed by atoms with Crippen LogP contribution < -0.4 is 5.32 Å². The summed E-state index contributed by atoms with van der Waals surface area (Å²) in [5.74, 6) is 0.281. The van der Waals surface area contributed by atoms with E-state index in [9.17, 15) is 13.2 Å². The second-order valence-electron chi connectivity index (χ2n) is 4.34. The van der Waals surface area contributed by atoms with Gasteiger partial charge in [-0.05, 0) is 37.8 Å². The molecule has 0 spiro atoms. The van der Waals surface area contributed by atoms with E-state index in [1.54, 1.807) is 6.07 Å². The Bertz CT molecular complexity index is 438. The average Bonchev–Trinajstić information content (AvgIpc) is 2.81. The van der Waals surface area contributed by atoms with Crippen LogP contribution in [0.3, 0.4) is 0 Å². The molecule has 0 aliphatic heterocycles. The van der Waals surface area contributed by atoms with Gasteiger partial charge in [-0.3, -0.25) is 0 Å². The van der Waals surface area contributed by atoms with Crippen LogP contribution in [-0.4, -0.2) is 11.5 Å². The van der Waals surface area contributed by atoms with E-state index in [4.69, 9.17) is 0 Å². The van der Waals surface area contributed by atoms with Gasteiger partial charge in [-0.1, -0.05) is 17.7 Å². The Balaban J connectivity index is 1.89. The molecule has 0 fully saturated rings. The molecule has 0 amide bonds. The zero-order valence-electron chi connectivity index (χ0n) is 9.93. The monoisotopic (exact) mass is 256 g/mol. The van der Waals surface area contributed by atoms with Crippen molar-refractivity contribution in [1.82, 2.24) is 4.98 Å². The molecule has 0 saturated heterocycles. The van der Waals surface area contributed by atoms with Gasteiger partial charge in [0, 0.05) is 6.54 Å². The van der Waals surface area contributed by atoms with Crippen molar-refractivity contribution in [2.24, 2.45) is 0 Å². The highest BCUT2D eigenvalue weighted by molar-refractivity contribution is 5.36. The number of rotatable bonds is 4. The lowest BCUT2D eigenvalue weighted by Gasteiger charge is -2.09. The number of pyridine rings is 1. The van der Waals surface area contributed by atoms with E-state index >= 15 is 0 Å². The molecule has 2 rings (SSSR count).